The molecule has 0 saturated heterocycles. The molecule has 1 heterocycles. The van der Waals surface area contributed by atoms with E-state index in [9.17, 15) is 4.79 Å². The molecule has 0 aliphatic heterocycles. The van der Waals surface area contributed by atoms with Crippen LogP contribution in [0.1, 0.15) is 44.5 Å². The summed E-state index contributed by atoms with van der Waals surface area (Å²) < 4.78 is 12.4. The number of rotatable bonds is 6. The summed E-state index contributed by atoms with van der Waals surface area (Å²) in [5, 5.41) is 6.73. The van der Waals surface area contributed by atoms with Gasteiger partial charge >= 0.3 is 6.03 Å². The molecule has 2 amide bonds. The molecule has 1 fully saturated rings. The summed E-state index contributed by atoms with van der Waals surface area (Å²) in [4.78, 5) is 15.6. The highest BCUT2D eigenvalue weighted by molar-refractivity contribution is 9.10. The first kappa shape index (κ1) is 16.8. The Hall–Kier alpha value is -2.09. The summed E-state index contributed by atoms with van der Waals surface area (Å²) in [7, 11) is 0. The highest BCUT2D eigenvalue weighted by atomic mass is 79.9. The number of primary amides is 1. The average molecular weight is 395 g/mol. The zero-order chi connectivity index (χ0) is 17.3. The van der Waals surface area contributed by atoms with Crippen molar-refractivity contribution in [2.24, 2.45) is 11.7 Å². The van der Waals surface area contributed by atoms with Crippen LogP contribution in [0.2, 0.25) is 0 Å². The fourth-order valence-electron chi connectivity index (χ4n) is 2.44. The van der Waals surface area contributed by atoms with E-state index in [1.165, 1.54) is 0 Å². The number of halogens is 1. The standard InChI is InChI=1S/C16H19BrN4O3/c1-9(2)12(23-11-5-3-10(17)4-6-11)13-19-14(24-21-13)16(7-8-16)20-15(18)22/h3-6,9,12H,7-8H2,1-2H3,(H3,18,20,22). The number of carbonyl (C=O) groups excluding carboxylic acids is 1. The third kappa shape index (κ3) is 3.53. The highest BCUT2D eigenvalue weighted by Gasteiger charge is 2.51. The van der Waals surface area contributed by atoms with E-state index < -0.39 is 11.6 Å². The predicted molar refractivity (Wildman–Crippen MR) is 90.3 cm³/mol. The molecule has 1 atom stereocenters. The Kier molecular flexibility index (Phi) is 4.49. The van der Waals surface area contributed by atoms with Crippen LogP contribution in [0.3, 0.4) is 0 Å². The molecule has 1 unspecified atom stereocenters. The van der Waals surface area contributed by atoms with Gasteiger partial charge in [0.25, 0.3) is 5.89 Å². The number of benzene rings is 1. The van der Waals surface area contributed by atoms with Crippen LogP contribution in [-0.4, -0.2) is 16.2 Å². The summed E-state index contributed by atoms with van der Waals surface area (Å²) in [5.74, 6) is 1.69. The van der Waals surface area contributed by atoms with Gasteiger partial charge < -0.3 is 20.3 Å². The van der Waals surface area contributed by atoms with Gasteiger partial charge in [0, 0.05) is 4.47 Å². The van der Waals surface area contributed by atoms with Gasteiger partial charge in [-0.1, -0.05) is 34.9 Å². The number of hydrogen-bond acceptors (Lipinski definition) is 5. The Morgan fingerprint density at radius 3 is 2.58 bits per heavy atom. The van der Waals surface area contributed by atoms with Gasteiger partial charge in [-0.25, -0.2) is 4.79 Å². The molecule has 1 aromatic heterocycles. The third-order valence-corrected chi connectivity index (χ3v) is 4.43. The smallest absolute Gasteiger partial charge is 0.313 e. The highest BCUT2D eigenvalue weighted by Crippen LogP contribution is 2.45. The molecule has 1 aliphatic carbocycles. The van der Waals surface area contributed by atoms with E-state index in [2.05, 4.69) is 31.4 Å². The number of amides is 2. The first-order valence-corrected chi connectivity index (χ1v) is 8.53. The summed E-state index contributed by atoms with van der Waals surface area (Å²) in [6.45, 7) is 4.04. The second-order valence-corrected chi connectivity index (χ2v) is 7.18. The molecular formula is C16H19BrN4O3. The maximum absolute atomic E-state index is 11.1. The van der Waals surface area contributed by atoms with E-state index in [0.29, 0.717) is 11.7 Å². The van der Waals surface area contributed by atoms with E-state index in [1.807, 2.05) is 38.1 Å². The Balaban J connectivity index is 1.80. The van der Waals surface area contributed by atoms with Gasteiger partial charge in [-0.15, -0.1) is 0 Å². The quantitative estimate of drug-likeness (QED) is 0.782. The number of carbonyl (C=O) groups is 1. The molecule has 0 bridgehead atoms. The Morgan fingerprint density at radius 1 is 1.38 bits per heavy atom. The Bertz CT molecular complexity index is 725. The largest absolute Gasteiger partial charge is 0.482 e. The van der Waals surface area contributed by atoms with Crippen molar-refractivity contribution in [2.75, 3.05) is 0 Å². The summed E-state index contributed by atoms with van der Waals surface area (Å²) >= 11 is 3.40. The van der Waals surface area contributed by atoms with E-state index in [4.69, 9.17) is 15.0 Å². The van der Waals surface area contributed by atoms with Crippen molar-refractivity contribution >= 4 is 22.0 Å². The van der Waals surface area contributed by atoms with Gasteiger partial charge in [-0.05, 0) is 43.0 Å². The maximum atomic E-state index is 11.1. The fourth-order valence-corrected chi connectivity index (χ4v) is 2.71. The van der Waals surface area contributed by atoms with Crippen LogP contribution in [0, 0.1) is 5.92 Å². The summed E-state index contributed by atoms with van der Waals surface area (Å²) in [6.07, 6.45) is 1.11. The summed E-state index contributed by atoms with van der Waals surface area (Å²) in [5.41, 5.74) is 4.60. The number of aromatic nitrogens is 2. The van der Waals surface area contributed by atoms with Crippen LogP contribution in [0.15, 0.2) is 33.3 Å². The topological polar surface area (TPSA) is 103 Å². The fraction of sp³-hybridized carbons (Fsp3) is 0.438. The average Bonchev–Trinajstić information content (AvgIpc) is 3.11. The second kappa shape index (κ2) is 6.43. The molecule has 1 aliphatic rings. The normalized spacial score (nSPS) is 16.7. The number of nitrogens with zero attached hydrogens (tertiary/aromatic N) is 2. The molecule has 0 spiro atoms. The number of urea groups is 1. The molecule has 128 valence electrons. The molecule has 1 aromatic carbocycles. The minimum Gasteiger partial charge on any atom is -0.482 e. The van der Waals surface area contributed by atoms with Crippen LogP contribution in [-0.2, 0) is 5.54 Å². The van der Waals surface area contributed by atoms with Crippen molar-refractivity contribution in [3.05, 3.63) is 40.5 Å². The lowest BCUT2D eigenvalue weighted by atomic mass is 10.1. The number of ether oxygens (including phenoxy) is 1. The van der Waals surface area contributed by atoms with Crippen LogP contribution >= 0.6 is 15.9 Å². The predicted octanol–water partition coefficient (Wildman–Crippen LogP) is 3.27. The van der Waals surface area contributed by atoms with Gasteiger partial charge in [0.1, 0.15) is 11.3 Å². The van der Waals surface area contributed by atoms with Crippen LogP contribution in [0.5, 0.6) is 5.75 Å². The molecule has 3 rings (SSSR count). The van der Waals surface area contributed by atoms with Crippen molar-refractivity contribution in [1.82, 2.24) is 15.5 Å². The van der Waals surface area contributed by atoms with Gasteiger partial charge in [-0.3, -0.25) is 0 Å². The minimum absolute atomic E-state index is 0.137. The van der Waals surface area contributed by atoms with E-state index in [1.54, 1.807) is 0 Å². The van der Waals surface area contributed by atoms with Crippen molar-refractivity contribution in [3.63, 3.8) is 0 Å². The second-order valence-electron chi connectivity index (χ2n) is 6.27. The minimum atomic E-state index is -0.615. The maximum Gasteiger partial charge on any atom is 0.313 e. The zero-order valence-corrected chi connectivity index (χ0v) is 15.0. The van der Waals surface area contributed by atoms with E-state index >= 15 is 0 Å². The van der Waals surface area contributed by atoms with Crippen LogP contribution < -0.4 is 15.8 Å². The molecule has 1 saturated carbocycles. The summed E-state index contributed by atoms with van der Waals surface area (Å²) in [6, 6.07) is 6.96. The Morgan fingerprint density at radius 2 is 2.04 bits per heavy atom. The molecule has 2 aromatic rings. The number of hydrogen-bond donors (Lipinski definition) is 2. The van der Waals surface area contributed by atoms with Crippen molar-refractivity contribution in [2.45, 2.75) is 38.3 Å². The van der Waals surface area contributed by atoms with Crippen molar-refractivity contribution in [1.29, 1.82) is 0 Å². The number of nitrogens with two attached hydrogens (primary N) is 1. The van der Waals surface area contributed by atoms with E-state index in [-0.39, 0.29) is 12.0 Å². The Labute approximate surface area is 148 Å². The lowest BCUT2D eigenvalue weighted by Gasteiger charge is -2.19. The van der Waals surface area contributed by atoms with Crippen molar-refractivity contribution in [3.8, 4) is 5.75 Å². The molecular weight excluding hydrogens is 376 g/mol. The molecule has 24 heavy (non-hydrogen) atoms. The molecule has 0 radical (unpaired) electrons. The first-order valence-electron chi connectivity index (χ1n) is 7.73. The SMILES string of the molecule is CC(C)C(Oc1ccc(Br)cc1)c1noc(C2(NC(N)=O)CC2)n1. The van der Waals surface area contributed by atoms with E-state index in [0.717, 1.165) is 23.1 Å². The molecule has 3 N–H and O–H groups in total. The number of nitrogens with one attached hydrogen (secondary N) is 1. The van der Waals surface area contributed by atoms with Gasteiger partial charge in [0.15, 0.2) is 6.10 Å². The monoisotopic (exact) mass is 394 g/mol. The van der Waals surface area contributed by atoms with Crippen molar-refractivity contribution < 1.29 is 14.1 Å². The first-order chi connectivity index (χ1) is 11.4. The lowest BCUT2D eigenvalue weighted by Crippen LogP contribution is -2.38. The van der Waals surface area contributed by atoms with Crippen LogP contribution in [0.25, 0.3) is 0 Å². The van der Waals surface area contributed by atoms with Gasteiger partial charge in [0.05, 0.1) is 0 Å². The molecule has 8 heteroatoms. The molecule has 7 nitrogen and oxygen atoms in total. The van der Waals surface area contributed by atoms with Gasteiger partial charge in [-0.2, -0.15) is 4.98 Å². The van der Waals surface area contributed by atoms with Crippen LogP contribution in [0.4, 0.5) is 4.79 Å². The lowest BCUT2D eigenvalue weighted by molar-refractivity contribution is 0.140. The third-order valence-electron chi connectivity index (χ3n) is 3.90. The van der Waals surface area contributed by atoms with Gasteiger partial charge in [0.2, 0.25) is 5.82 Å². The zero-order valence-electron chi connectivity index (χ0n) is 13.5.